The molecule has 1 unspecified atom stereocenters. The number of likely N-dealkylation sites (tertiary alicyclic amines) is 1. The largest absolute Gasteiger partial charge is 0.477 e. The van der Waals surface area contributed by atoms with Crippen LogP contribution in [0.4, 0.5) is 4.79 Å². The minimum absolute atomic E-state index is 0.0115. The molecule has 148 valence electrons. The van der Waals surface area contributed by atoms with Crippen molar-refractivity contribution < 1.29 is 29.3 Å². The number of carboxylic acid groups (broad SMARTS) is 1. The number of carbonyl (C=O) groups is 3. The lowest BCUT2D eigenvalue weighted by molar-refractivity contribution is -0.163. The Morgan fingerprint density at radius 1 is 1.37 bits per heavy atom. The van der Waals surface area contributed by atoms with Crippen LogP contribution in [0.25, 0.3) is 0 Å². The summed E-state index contributed by atoms with van der Waals surface area (Å²) in [7, 11) is 0. The molecule has 8 nitrogen and oxygen atoms in total. The summed E-state index contributed by atoms with van der Waals surface area (Å²) in [6.45, 7) is 8.11. The second-order valence-electron chi connectivity index (χ2n) is 7.49. The van der Waals surface area contributed by atoms with Crippen molar-refractivity contribution in [1.29, 1.82) is 0 Å². The Balaban J connectivity index is 1.76. The van der Waals surface area contributed by atoms with Gasteiger partial charge in [-0.05, 0) is 31.3 Å². The molecule has 3 aliphatic rings. The van der Waals surface area contributed by atoms with Crippen molar-refractivity contribution in [3.05, 3.63) is 23.9 Å². The quantitative estimate of drug-likeness (QED) is 0.550. The van der Waals surface area contributed by atoms with E-state index in [4.69, 9.17) is 4.74 Å². The Labute approximate surface area is 158 Å². The highest BCUT2D eigenvalue weighted by Gasteiger charge is 2.60. The van der Waals surface area contributed by atoms with E-state index in [1.165, 1.54) is 11.0 Å². The first-order chi connectivity index (χ1) is 12.8. The highest BCUT2D eigenvalue weighted by molar-refractivity contribution is 6.00. The number of carbonyl (C=O) groups excluding carboxylic acids is 2. The predicted octanol–water partition coefficient (Wildman–Crippen LogP) is 1.22. The first kappa shape index (κ1) is 19.4. The number of fused-ring (bicyclic) bond motifs is 1. The van der Waals surface area contributed by atoms with Gasteiger partial charge in [0, 0.05) is 19.0 Å². The van der Waals surface area contributed by atoms with E-state index in [9.17, 15) is 24.6 Å². The van der Waals surface area contributed by atoms with Gasteiger partial charge in [-0.1, -0.05) is 19.6 Å². The molecule has 0 spiro atoms. The van der Waals surface area contributed by atoms with E-state index in [0.717, 1.165) is 5.57 Å². The van der Waals surface area contributed by atoms with E-state index in [1.54, 1.807) is 11.8 Å². The number of hydrogen-bond acceptors (Lipinski definition) is 5. The van der Waals surface area contributed by atoms with Gasteiger partial charge in [0.15, 0.2) is 0 Å². The summed E-state index contributed by atoms with van der Waals surface area (Å²) >= 11 is 0. The number of aliphatic hydroxyl groups is 1. The summed E-state index contributed by atoms with van der Waals surface area (Å²) in [4.78, 5) is 39.2. The number of piperidine rings is 1. The molecule has 0 saturated carbocycles. The first-order valence-corrected chi connectivity index (χ1v) is 9.30. The number of rotatable bonds is 5. The molecule has 4 atom stereocenters. The van der Waals surface area contributed by atoms with Crippen LogP contribution in [0.15, 0.2) is 23.9 Å². The SMILES string of the molecule is C=CCOC(=O)N1CCC(C2=C(C(=O)O)N3C(=O)[C@H]([C@@H](C)O)[C@H]3C2C)CC1. The fraction of sp³-hybridized carbons (Fsp3) is 0.632. The summed E-state index contributed by atoms with van der Waals surface area (Å²) in [6.07, 6.45) is 1.54. The molecule has 27 heavy (non-hydrogen) atoms. The Hall–Kier alpha value is -2.35. The molecular formula is C19H26N2O6. The third-order valence-electron chi connectivity index (χ3n) is 5.95. The average molecular weight is 378 g/mol. The van der Waals surface area contributed by atoms with Crippen molar-refractivity contribution in [2.45, 2.75) is 38.8 Å². The van der Waals surface area contributed by atoms with Crippen molar-refractivity contribution in [3.8, 4) is 0 Å². The lowest BCUT2D eigenvalue weighted by Crippen LogP contribution is -2.63. The zero-order valence-corrected chi connectivity index (χ0v) is 15.6. The lowest BCUT2D eigenvalue weighted by atomic mass is 9.74. The van der Waals surface area contributed by atoms with Crippen molar-refractivity contribution in [3.63, 3.8) is 0 Å². The molecule has 2 saturated heterocycles. The molecule has 2 N–H and O–H groups in total. The zero-order valence-electron chi connectivity index (χ0n) is 15.6. The molecule has 2 amide bonds. The van der Waals surface area contributed by atoms with Crippen LogP contribution >= 0.6 is 0 Å². The molecule has 0 radical (unpaired) electrons. The zero-order chi connectivity index (χ0) is 19.9. The Kier molecular flexibility index (Phi) is 5.28. The molecule has 0 bridgehead atoms. The minimum atomic E-state index is -1.11. The van der Waals surface area contributed by atoms with E-state index in [1.807, 2.05) is 6.92 Å². The summed E-state index contributed by atoms with van der Waals surface area (Å²) in [6, 6.07) is -0.297. The highest BCUT2D eigenvalue weighted by atomic mass is 16.6. The van der Waals surface area contributed by atoms with Crippen LogP contribution < -0.4 is 0 Å². The molecule has 0 aliphatic carbocycles. The Bertz CT molecular complexity index is 692. The number of carboxylic acids is 1. The average Bonchev–Trinajstić information content (AvgIpc) is 2.88. The van der Waals surface area contributed by atoms with E-state index >= 15 is 0 Å². The lowest BCUT2D eigenvalue weighted by Gasteiger charge is -2.46. The fourth-order valence-corrected chi connectivity index (χ4v) is 4.74. The van der Waals surface area contributed by atoms with Crippen LogP contribution in [0.2, 0.25) is 0 Å². The van der Waals surface area contributed by atoms with Crippen LogP contribution in [-0.2, 0) is 14.3 Å². The highest BCUT2D eigenvalue weighted by Crippen LogP contribution is 2.50. The second-order valence-corrected chi connectivity index (χ2v) is 7.49. The van der Waals surface area contributed by atoms with Crippen LogP contribution in [0.5, 0.6) is 0 Å². The minimum Gasteiger partial charge on any atom is -0.477 e. The fourth-order valence-electron chi connectivity index (χ4n) is 4.74. The number of β-lactam (4-membered cyclic amide) rings is 1. The molecule has 8 heteroatoms. The number of nitrogens with zero attached hydrogens (tertiary/aromatic N) is 2. The molecular weight excluding hydrogens is 352 g/mol. The number of hydrogen-bond donors (Lipinski definition) is 2. The normalized spacial score (nSPS) is 29.3. The number of aliphatic hydroxyl groups excluding tert-OH is 1. The van der Waals surface area contributed by atoms with E-state index in [-0.39, 0.29) is 36.1 Å². The van der Waals surface area contributed by atoms with Gasteiger partial charge in [0.2, 0.25) is 5.91 Å². The maximum atomic E-state index is 12.4. The van der Waals surface area contributed by atoms with Gasteiger partial charge in [-0.25, -0.2) is 9.59 Å². The Morgan fingerprint density at radius 3 is 2.52 bits per heavy atom. The molecule has 2 fully saturated rings. The van der Waals surface area contributed by atoms with E-state index in [0.29, 0.717) is 25.9 Å². The van der Waals surface area contributed by atoms with Crippen molar-refractivity contribution in [2.24, 2.45) is 17.8 Å². The van der Waals surface area contributed by atoms with Gasteiger partial charge in [-0.15, -0.1) is 0 Å². The summed E-state index contributed by atoms with van der Waals surface area (Å²) in [5.74, 6) is -2.12. The summed E-state index contributed by atoms with van der Waals surface area (Å²) in [5, 5.41) is 19.6. The monoisotopic (exact) mass is 378 g/mol. The molecule has 0 aromatic heterocycles. The number of aliphatic carboxylic acids is 1. The van der Waals surface area contributed by atoms with Gasteiger partial charge < -0.3 is 24.7 Å². The number of ether oxygens (including phenoxy) is 1. The third-order valence-corrected chi connectivity index (χ3v) is 5.95. The maximum absolute atomic E-state index is 12.4. The van der Waals surface area contributed by atoms with Crippen molar-refractivity contribution in [1.82, 2.24) is 9.80 Å². The van der Waals surface area contributed by atoms with E-state index in [2.05, 4.69) is 6.58 Å². The smallest absolute Gasteiger partial charge is 0.410 e. The van der Waals surface area contributed by atoms with Gasteiger partial charge in [0.1, 0.15) is 12.3 Å². The summed E-state index contributed by atoms with van der Waals surface area (Å²) < 4.78 is 5.05. The molecule has 3 heterocycles. The van der Waals surface area contributed by atoms with Gasteiger partial charge >= 0.3 is 12.1 Å². The molecule has 0 aromatic carbocycles. The van der Waals surface area contributed by atoms with Crippen LogP contribution in [-0.4, -0.2) is 69.8 Å². The molecule has 3 rings (SSSR count). The second kappa shape index (κ2) is 7.34. The van der Waals surface area contributed by atoms with Gasteiger partial charge in [-0.2, -0.15) is 0 Å². The van der Waals surface area contributed by atoms with Gasteiger partial charge in [0.25, 0.3) is 0 Å². The van der Waals surface area contributed by atoms with Gasteiger partial charge in [0.05, 0.1) is 18.1 Å². The van der Waals surface area contributed by atoms with Crippen LogP contribution in [0.1, 0.15) is 26.7 Å². The number of amides is 2. The van der Waals surface area contributed by atoms with Gasteiger partial charge in [-0.3, -0.25) is 4.79 Å². The van der Waals surface area contributed by atoms with Crippen molar-refractivity contribution in [2.75, 3.05) is 19.7 Å². The third kappa shape index (κ3) is 3.12. The Morgan fingerprint density at radius 2 is 2.00 bits per heavy atom. The first-order valence-electron chi connectivity index (χ1n) is 9.30. The topological polar surface area (TPSA) is 107 Å². The standard InChI is InChI=1S/C19H26N2O6/c1-4-9-27-19(26)20-7-5-12(6-8-20)13-10(2)15-14(11(3)22)17(23)21(15)16(13)18(24)25/h4,10-12,14-15,22H,1,5-9H2,2-3H3,(H,24,25)/t10?,11-,14-,15-/m1/s1. The summed E-state index contributed by atoms with van der Waals surface area (Å²) in [5.41, 5.74) is 0.838. The van der Waals surface area contributed by atoms with Crippen LogP contribution in [0.3, 0.4) is 0 Å². The van der Waals surface area contributed by atoms with Crippen LogP contribution in [0, 0.1) is 17.8 Å². The molecule has 3 aliphatic heterocycles. The van der Waals surface area contributed by atoms with E-state index < -0.39 is 24.1 Å². The van der Waals surface area contributed by atoms with Crippen molar-refractivity contribution >= 4 is 18.0 Å². The maximum Gasteiger partial charge on any atom is 0.410 e. The predicted molar refractivity (Wildman–Crippen MR) is 95.5 cm³/mol. The molecule has 0 aromatic rings.